The molecule has 0 unspecified atom stereocenters. The lowest BCUT2D eigenvalue weighted by atomic mass is 10.2. The first-order valence-electron chi connectivity index (χ1n) is 7.25. The number of hydrogen-bond donors (Lipinski definition) is 2. The third-order valence-corrected chi connectivity index (χ3v) is 3.30. The molecule has 0 saturated heterocycles. The van der Waals surface area contributed by atoms with Gasteiger partial charge in [-0.1, -0.05) is 0 Å². The molecule has 23 heavy (non-hydrogen) atoms. The van der Waals surface area contributed by atoms with Crippen LogP contribution in [-0.2, 0) is 0 Å². The SMILES string of the molecule is c1cnc(Nc2n[nH]c(-c3ccc4c(c3)OCCCO4)n2)nc1. The van der Waals surface area contributed by atoms with Crippen molar-refractivity contribution in [2.75, 3.05) is 18.5 Å². The molecule has 3 heterocycles. The summed E-state index contributed by atoms with van der Waals surface area (Å²) in [5.74, 6) is 2.94. The first kappa shape index (κ1) is 13.5. The Balaban J connectivity index is 1.58. The Morgan fingerprint density at radius 1 is 1.00 bits per heavy atom. The minimum absolute atomic E-state index is 0.401. The molecule has 1 aromatic carbocycles. The number of ether oxygens (including phenoxy) is 2. The van der Waals surface area contributed by atoms with Gasteiger partial charge in [-0.05, 0) is 24.3 Å². The van der Waals surface area contributed by atoms with E-state index in [1.54, 1.807) is 18.5 Å². The Hall–Kier alpha value is -3.16. The molecule has 0 aliphatic carbocycles. The highest BCUT2D eigenvalue weighted by atomic mass is 16.5. The normalized spacial score (nSPS) is 13.4. The van der Waals surface area contributed by atoms with Crippen LogP contribution in [0.4, 0.5) is 11.9 Å². The molecule has 2 aromatic heterocycles. The van der Waals surface area contributed by atoms with Gasteiger partial charge in [-0.3, -0.25) is 10.4 Å². The van der Waals surface area contributed by atoms with Crippen molar-refractivity contribution in [2.24, 2.45) is 0 Å². The van der Waals surface area contributed by atoms with Crippen LogP contribution in [0.2, 0.25) is 0 Å². The predicted octanol–water partition coefficient (Wildman–Crippen LogP) is 2.17. The van der Waals surface area contributed by atoms with Crippen molar-refractivity contribution in [1.29, 1.82) is 0 Å². The molecule has 8 nitrogen and oxygen atoms in total. The van der Waals surface area contributed by atoms with Crippen molar-refractivity contribution in [3.63, 3.8) is 0 Å². The summed E-state index contributed by atoms with van der Waals surface area (Å²) in [6, 6.07) is 7.43. The van der Waals surface area contributed by atoms with E-state index < -0.39 is 0 Å². The Kier molecular flexibility index (Phi) is 3.47. The molecule has 8 heteroatoms. The van der Waals surface area contributed by atoms with Crippen molar-refractivity contribution in [1.82, 2.24) is 25.1 Å². The van der Waals surface area contributed by atoms with Gasteiger partial charge >= 0.3 is 0 Å². The summed E-state index contributed by atoms with van der Waals surface area (Å²) in [5.41, 5.74) is 0.865. The van der Waals surface area contributed by atoms with E-state index in [1.807, 2.05) is 18.2 Å². The summed E-state index contributed by atoms with van der Waals surface area (Å²) >= 11 is 0. The number of hydrogen-bond acceptors (Lipinski definition) is 7. The topological polar surface area (TPSA) is 97.8 Å². The van der Waals surface area contributed by atoms with E-state index in [9.17, 15) is 0 Å². The predicted molar refractivity (Wildman–Crippen MR) is 82.7 cm³/mol. The van der Waals surface area contributed by atoms with Crippen LogP contribution < -0.4 is 14.8 Å². The van der Waals surface area contributed by atoms with Gasteiger partial charge < -0.3 is 9.47 Å². The first-order valence-corrected chi connectivity index (χ1v) is 7.25. The lowest BCUT2D eigenvalue weighted by Gasteiger charge is -2.07. The largest absolute Gasteiger partial charge is 0.490 e. The maximum Gasteiger partial charge on any atom is 0.249 e. The minimum Gasteiger partial charge on any atom is -0.490 e. The molecule has 1 aliphatic rings. The molecule has 0 fully saturated rings. The average Bonchev–Trinajstić information content (AvgIpc) is 2.92. The van der Waals surface area contributed by atoms with Gasteiger partial charge in [0.25, 0.3) is 0 Å². The van der Waals surface area contributed by atoms with Crippen LogP contribution in [0.3, 0.4) is 0 Å². The fourth-order valence-electron chi connectivity index (χ4n) is 2.22. The number of benzene rings is 1. The maximum atomic E-state index is 5.69. The Bertz CT molecular complexity index is 805. The third kappa shape index (κ3) is 2.91. The van der Waals surface area contributed by atoms with E-state index in [0.717, 1.165) is 23.5 Å². The van der Waals surface area contributed by atoms with Gasteiger partial charge in [-0.15, -0.1) is 5.10 Å². The van der Waals surface area contributed by atoms with Crippen LogP contribution in [0.1, 0.15) is 6.42 Å². The lowest BCUT2D eigenvalue weighted by molar-refractivity contribution is 0.297. The number of nitrogens with zero attached hydrogens (tertiary/aromatic N) is 4. The summed E-state index contributed by atoms with van der Waals surface area (Å²) in [6.07, 6.45) is 4.16. The van der Waals surface area contributed by atoms with Crippen molar-refractivity contribution in [2.45, 2.75) is 6.42 Å². The molecule has 116 valence electrons. The second-order valence-electron chi connectivity index (χ2n) is 4.92. The van der Waals surface area contributed by atoms with Crippen LogP contribution in [-0.4, -0.2) is 38.4 Å². The molecule has 0 saturated carbocycles. The lowest BCUT2D eigenvalue weighted by Crippen LogP contribution is -1.97. The fraction of sp³-hybridized carbons (Fsp3) is 0.200. The molecule has 3 aromatic rings. The Labute approximate surface area is 131 Å². The second kappa shape index (κ2) is 5.91. The summed E-state index contributed by atoms with van der Waals surface area (Å²) in [4.78, 5) is 12.5. The molecule has 2 N–H and O–H groups in total. The van der Waals surface area contributed by atoms with E-state index in [0.29, 0.717) is 30.9 Å². The summed E-state index contributed by atoms with van der Waals surface area (Å²) in [6.45, 7) is 1.31. The zero-order chi connectivity index (χ0) is 15.5. The van der Waals surface area contributed by atoms with Gasteiger partial charge in [0, 0.05) is 24.4 Å². The van der Waals surface area contributed by atoms with Crippen molar-refractivity contribution in [3.8, 4) is 22.9 Å². The molecular weight excluding hydrogens is 296 g/mol. The molecule has 1 aliphatic heterocycles. The molecule has 0 radical (unpaired) electrons. The number of aromatic nitrogens is 5. The fourth-order valence-corrected chi connectivity index (χ4v) is 2.22. The van der Waals surface area contributed by atoms with Gasteiger partial charge in [0.15, 0.2) is 17.3 Å². The Morgan fingerprint density at radius 3 is 2.70 bits per heavy atom. The van der Waals surface area contributed by atoms with Gasteiger partial charge in [0.05, 0.1) is 13.2 Å². The zero-order valence-electron chi connectivity index (χ0n) is 12.2. The van der Waals surface area contributed by atoms with Crippen LogP contribution >= 0.6 is 0 Å². The van der Waals surface area contributed by atoms with Gasteiger partial charge in [-0.2, -0.15) is 4.98 Å². The highest BCUT2D eigenvalue weighted by molar-refractivity contribution is 5.62. The van der Waals surface area contributed by atoms with E-state index in [2.05, 4.69) is 30.5 Å². The van der Waals surface area contributed by atoms with Crippen molar-refractivity contribution < 1.29 is 9.47 Å². The highest BCUT2D eigenvalue weighted by Crippen LogP contribution is 2.33. The summed E-state index contributed by atoms with van der Waals surface area (Å²) < 4.78 is 11.3. The third-order valence-electron chi connectivity index (χ3n) is 3.30. The first-order chi connectivity index (χ1) is 11.4. The smallest absolute Gasteiger partial charge is 0.249 e. The number of rotatable bonds is 3. The maximum absolute atomic E-state index is 5.69. The summed E-state index contributed by atoms with van der Waals surface area (Å²) in [5, 5.41) is 9.94. The van der Waals surface area contributed by atoms with Gasteiger partial charge in [0.2, 0.25) is 11.9 Å². The number of anilines is 2. The molecule has 0 amide bonds. The van der Waals surface area contributed by atoms with Crippen molar-refractivity contribution in [3.05, 3.63) is 36.7 Å². The van der Waals surface area contributed by atoms with Crippen LogP contribution in [0.25, 0.3) is 11.4 Å². The quantitative estimate of drug-likeness (QED) is 0.765. The molecule has 0 bridgehead atoms. The Morgan fingerprint density at radius 2 is 1.83 bits per heavy atom. The molecular formula is C15H14N6O2. The van der Waals surface area contributed by atoms with E-state index in [4.69, 9.17) is 9.47 Å². The molecule has 0 spiro atoms. The van der Waals surface area contributed by atoms with E-state index in [1.165, 1.54) is 0 Å². The van der Waals surface area contributed by atoms with Gasteiger partial charge in [0.1, 0.15) is 0 Å². The van der Waals surface area contributed by atoms with E-state index >= 15 is 0 Å². The van der Waals surface area contributed by atoms with E-state index in [-0.39, 0.29) is 0 Å². The average molecular weight is 310 g/mol. The monoisotopic (exact) mass is 310 g/mol. The minimum atomic E-state index is 0.401. The van der Waals surface area contributed by atoms with Gasteiger partial charge in [-0.25, -0.2) is 9.97 Å². The number of H-pyrrole nitrogens is 1. The molecule has 4 rings (SSSR count). The van der Waals surface area contributed by atoms with Crippen LogP contribution in [0.5, 0.6) is 11.5 Å². The van der Waals surface area contributed by atoms with Crippen LogP contribution in [0, 0.1) is 0 Å². The highest BCUT2D eigenvalue weighted by Gasteiger charge is 2.13. The van der Waals surface area contributed by atoms with Crippen molar-refractivity contribution >= 4 is 11.9 Å². The van der Waals surface area contributed by atoms with Crippen LogP contribution in [0.15, 0.2) is 36.7 Å². The molecule has 0 atom stereocenters. The number of fused-ring (bicyclic) bond motifs is 1. The zero-order valence-corrected chi connectivity index (χ0v) is 12.2. The number of nitrogens with one attached hydrogen (secondary N) is 2. The second-order valence-corrected chi connectivity index (χ2v) is 4.92. The number of aromatic amines is 1. The summed E-state index contributed by atoms with van der Waals surface area (Å²) in [7, 11) is 0. The standard InChI is InChI=1S/C15H14N6O2/c1-5-16-14(17-6-1)19-15-18-13(20-21-15)10-3-4-11-12(9-10)23-8-2-7-22-11/h1,3-6,9H,2,7-8H2,(H2,16,17,18,19,20,21).